The molecule has 0 radical (unpaired) electrons. The molecule has 27 heavy (non-hydrogen) atoms. The molecule has 1 aromatic rings. The maximum atomic E-state index is 12.9. The number of piperidine rings is 1. The fraction of sp³-hybridized carbons (Fsp3) is 0.600. The van der Waals surface area contributed by atoms with Crippen LogP contribution in [0.2, 0.25) is 0 Å². The zero-order chi connectivity index (χ0) is 19.1. The van der Waals surface area contributed by atoms with Gasteiger partial charge in [0.25, 0.3) is 5.91 Å². The van der Waals surface area contributed by atoms with Crippen LogP contribution in [-0.2, 0) is 9.59 Å². The number of hydrogen-bond acceptors (Lipinski definition) is 5. The summed E-state index contributed by atoms with van der Waals surface area (Å²) in [7, 11) is 0. The van der Waals surface area contributed by atoms with E-state index in [9.17, 15) is 9.59 Å². The van der Waals surface area contributed by atoms with Crippen LogP contribution < -0.4 is 20.1 Å². The van der Waals surface area contributed by atoms with Gasteiger partial charge in [0, 0.05) is 26.2 Å². The molecule has 2 N–H and O–H groups in total. The molecule has 1 spiro atoms. The molecule has 1 aromatic carbocycles. The Morgan fingerprint density at radius 1 is 1.15 bits per heavy atom. The van der Waals surface area contributed by atoms with Gasteiger partial charge < -0.3 is 25.0 Å². The van der Waals surface area contributed by atoms with Crippen LogP contribution in [0.5, 0.6) is 11.5 Å². The van der Waals surface area contributed by atoms with Gasteiger partial charge in [-0.1, -0.05) is 26.0 Å². The Labute approximate surface area is 159 Å². The minimum absolute atomic E-state index is 0.0206. The second-order valence-electron chi connectivity index (χ2n) is 8.47. The first-order valence-corrected chi connectivity index (χ1v) is 9.59. The van der Waals surface area contributed by atoms with E-state index < -0.39 is 11.6 Å². The smallest absolute Gasteiger partial charge is 0.267 e. The lowest BCUT2D eigenvalue weighted by Crippen LogP contribution is -2.62. The number of rotatable bonds is 1. The van der Waals surface area contributed by atoms with Gasteiger partial charge in [-0.05, 0) is 30.4 Å². The van der Waals surface area contributed by atoms with Gasteiger partial charge in [-0.25, -0.2) is 0 Å². The van der Waals surface area contributed by atoms with Gasteiger partial charge in [-0.3, -0.25) is 9.59 Å². The van der Waals surface area contributed by atoms with Crippen molar-refractivity contribution in [1.29, 1.82) is 0 Å². The third-order valence-corrected chi connectivity index (χ3v) is 5.78. The van der Waals surface area contributed by atoms with Crippen LogP contribution in [0, 0.1) is 5.41 Å². The molecule has 1 unspecified atom stereocenters. The predicted octanol–water partition coefficient (Wildman–Crippen LogP) is 0.933. The van der Waals surface area contributed by atoms with E-state index in [1.165, 1.54) is 0 Å². The lowest BCUT2D eigenvalue weighted by Gasteiger charge is -2.41. The highest BCUT2D eigenvalue weighted by Gasteiger charge is 2.46. The van der Waals surface area contributed by atoms with Crippen molar-refractivity contribution in [2.24, 2.45) is 5.41 Å². The van der Waals surface area contributed by atoms with Gasteiger partial charge in [-0.2, -0.15) is 0 Å². The van der Waals surface area contributed by atoms with Gasteiger partial charge in [0.1, 0.15) is 12.1 Å². The van der Waals surface area contributed by atoms with Gasteiger partial charge in [0.15, 0.2) is 11.5 Å². The SMILES string of the molecule is CC1(C)CNC(=O)C2(CCN(C(=O)C3COc4ccccc4O3)CC2)NC1. The third-order valence-electron chi connectivity index (χ3n) is 5.78. The second-order valence-corrected chi connectivity index (χ2v) is 8.47. The second kappa shape index (κ2) is 6.71. The number of carbonyl (C=O) groups excluding carboxylic acids is 2. The first-order valence-electron chi connectivity index (χ1n) is 9.59. The topological polar surface area (TPSA) is 79.9 Å². The molecule has 0 aliphatic carbocycles. The Kier molecular flexibility index (Phi) is 4.50. The van der Waals surface area contributed by atoms with Gasteiger partial charge in [0.05, 0.1) is 0 Å². The average Bonchev–Trinajstić information content (AvgIpc) is 2.80. The van der Waals surface area contributed by atoms with Gasteiger partial charge in [0.2, 0.25) is 12.0 Å². The normalized spacial score (nSPS) is 26.2. The Hall–Kier alpha value is -2.28. The van der Waals surface area contributed by atoms with Crippen LogP contribution in [-0.4, -0.2) is 61.1 Å². The molecule has 2 saturated heterocycles. The minimum Gasteiger partial charge on any atom is -0.485 e. The van der Waals surface area contributed by atoms with Crippen molar-refractivity contribution >= 4 is 11.8 Å². The van der Waals surface area contributed by atoms with Gasteiger partial charge >= 0.3 is 0 Å². The number of nitrogens with one attached hydrogen (secondary N) is 2. The van der Waals surface area contributed by atoms with Gasteiger partial charge in [-0.15, -0.1) is 0 Å². The van der Waals surface area contributed by atoms with Crippen molar-refractivity contribution in [3.05, 3.63) is 24.3 Å². The first kappa shape index (κ1) is 18.1. The molecule has 3 aliphatic heterocycles. The fourth-order valence-electron chi connectivity index (χ4n) is 3.90. The number of ether oxygens (including phenoxy) is 2. The number of fused-ring (bicyclic) bond motifs is 1. The van der Waals surface area contributed by atoms with Crippen molar-refractivity contribution in [3.63, 3.8) is 0 Å². The van der Waals surface area contributed by atoms with E-state index in [2.05, 4.69) is 24.5 Å². The molecule has 3 heterocycles. The van der Waals surface area contributed by atoms with Crippen molar-refractivity contribution in [2.45, 2.75) is 38.3 Å². The number of benzene rings is 1. The molecular formula is C20H27N3O4. The summed E-state index contributed by atoms with van der Waals surface area (Å²) in [6, 6.07) is 7.37. The zero-order valence-corrected chi connectivity index (χ0v) is 15.9. The van der Waals surface area contributed by atoms with Crippen molar-refractivity contribution in [3.8, 4) is 11.5 Å². The maximum absolute atomic E-state index is 12.9. The summed E-state index contributed by atoms with van der Waals surface area (Å²) in [6.07, 6.45) is 0.569. The van der Waals surface area contributed by atoms with Crippen LogP contribution in [0.1, 0.15) is 26.7 Å². The minimum atomic E-state index is -0.635. The molecule has 7 heteroatoms. The van der Waals surface area contributed by atoms with E-state index in [-0.39, 0.29) is 23.8 Å². The number of amides is 2. The highest BCUT2D eigenvalue weighted by molar-refractivity contribution is 5.88. The van der Waals surface area contributed by atoms with E-state index in [0.717, 1.165) is 6.54 Å². The summed E-state index contributed by atoms with van der Waals surface area (Å²) >= 11 is 0. The fourth-order valence-corrected chi connectivity index (χ4v) is 3.90. The molecule has 0 bridgehead atoms. The van der Waals surface area contributed by atoms with Crippen molar-refractivity contribution in [2.75, 3.05) is 32.8 Å². The third kappa shape index (κ3) is 3.48. The summed E-state index contributed by atoms with van der Waals surface area (Å²) < 4.78 is 11.5. The number of nitrogens with zero attached hydrogens (tertiary/aromatic N) is 1. The Balaban J connectivity index is 1.39. The van der Waals surface area contributed by atoms with E-state index >= 15 is 0 Å². The molecule has 2 fully saturated rings. The van der Waals surface area contributed by atoms with E-state index in [4.69, 9.17) is 9.47 Å². The highest BCUT2D eigenvalue weighted by atomic mass is 16.6. The number of likely N-dealkylation sites (tertiary alicyclic amines) is 1. The Bertz CT molecular complexity index is 740. The standard InChI is InChI=1S/C20H27N3O4/c1-19(2)12-21-18(25)20(22-13-19)7-9-23(10-8-20)17(24)16-11-26-14-5-3-4-6-15(14)27-16/h3-6,16,22H,7-13H2,1-2H3,(H,21,25). The van der Waals surface area contributed by atoms with E-state index in [1.54, 1.807) is 4.90 Å². The molecule has 0 saturated carbocycles. The maximum Gasteiger partial charge on any atom is 0.267 e. The van der Waals surface area contributed by atoms with Crippen LogP contribution in [0.4, 0.5) is 0 Å². The van der Waals surface area contributed by atoms with E-state index in [1.807, 2.05) is 24.3 Å². The van der Waals surface area contributed by atoms with Crippen molar-refractivity contribution < 1.29 is 19.1 Å². The lowest BCUT2D eigenvalue weighted by molar-refractivity contribution is -0.145. The molecule has 4 rings (SSSR count). The quantitative estimate of drug-likeness (QED) is 0.766. The first-order chi connectivity index (χ1) is 12.9. The summed E-state index contributed by atoms with van der Waals surface area (Å²) in [4.78, 5) is 27.3. The molecule has 2 amide bonds. The van der Waals surface area contributed by atoms with Crippen LogP contribution in [0.3, 0.4) is 0 Å². The Morgan fingerprint density at radius 2 is 1.85 bits per heavy atom. The molecule has 7 nitrogen and oxygen atoms in total. The predicted molar refractivity (Wildman–Crippen MR) is 99.7 cm³/mol. The van der Waals surface area contributed by atoms with E-state index in [0.29, 0.717) is 44.0 Å². The van der Waals surface area contributed by atoms with Crippen LogP contribution in [0.15, 0.2) is 24.3 Å². The molecule has 1 atom stereocenters. The number of carbonyl (C=O) groups is 2. The van der Waals surface area contributed by atoms with Crippen LogP contribution >= 0.6 is 0 Å². The lowest BCUT2D eigenvalue weighted by atomic mass is 9.86. The highest BCUT2D eigenvalue weighted by Crippen LogP contribution is 2.32. The molecule has 0 aromatic heterocycles. The Morgan fingerprint density at radius 3 is 2.59 bits per heavy atom. The number of hydrogen-bond donors (Lipinski definition) is 2. The van der Waals surface area contributed by atoms with Crippen molar-refractivity contribution in [1.82, 2.24) is 15.5 Å². The monoisotopic (exact) mass is 373 g/mol. The molecule has 3 aliphatic rings. The average molecular weight is 373 g/mol. The summed E-state index contributed by atoms with van der Waals surface area (Å²) in [6.45, 7) is 6.98. The zero-order valence-electron chi connectivity index (χ0n) is 15.9. The number of para-hydroxylation sites is 2. The van der Waals surface area contributed by atoms with Crippen LogP contribution in [0.25, 0.3) is 0 Å². The summed E-state index contributed by atoms with van der Waals surface area (Å²) in [5.41, 5.74) is -0.562. The molecular weight excluding hydrogens is 346 g/mol. The summed E-state index contributed by atoms with van der Waals surface area (Å²) in [5, 5.41) is 6.55. The summed E-state index contributed by atoms with van der Waals surface area (Å²) in [5.74, 6) is 1.24. The largest absolute Gasteiger partial charge is 0.485 e. The molecule has 146 valence electrons.